The zero-order valence-corrected chi connectivity index (χ0v) is 16.1. The van der Waals surface area contributed by atoms with Crippen molar-refractivity contribution in [3.8, 4) is 11.4 Å². The lowest BCUT2D eigenvalue weighted by molar-refractivity contribution is 0.582. The predicted molar refractivity (Wildman–Crippen MR) is 98.9 cm³/mol. The second kappa shape index (κ2) is 7.23. The van der Waals surface area contributed by atoms with Crippen LogP contribution in [-0.2, 0) is 26.4 Å². The number of pyridine rings is 2. The van der Waals surface area contributed by atoms with E-state index < -0.39 is 19.9 Å². The number of thiophene rings is 1. The normalized spacial score (nSPS) is 12.2. The van der Waals surface area contributed by atoms with Crippen LogP contribution in [0, 0.1) is 0 Å². The Morgan fingerprint density at radius 1 is 1.04 bits per heavy atom. The topological polar surface area (TPSA) is 106 Å². The first-order chi connectivity index (χ1) is 12.3. The number of nitrogens with zero attached hydrogens (tertiary/aromatic N) is 2. The lowest BCUT2D eigenvalue weighted by Crippen LogP contribution is -2.23. The summed E-state index contributed by atoms with van der Waals surface area (Å²) in [7, 11) is -7.17. The molecule has 0 spiro atoms. The first-order valence-corrected chi connectivity index (χ1v) is 11.7. The molecule has 7 nitrogen and oxygen atoms in total. The van der Waals surface area contributed by atoms with Gasteiger partial charge in [-0.05, 0) is 35.7 Å². The van der Waals surface area contributed by atoms with E-state index in [4.69, 9.17) is 0 Å². The number of hydrogen-bond acceptors (Lipinski definition) is 7. The zero-order chi connectivity index (χ0) is 18.8. The van der Waals surface area contributed by atoms with Crippen molar-refractivity contribution in [1.82, 2.24) is 14.7 Å². The summed E-state index contributed by atoms with van der Waals surface area (Å²) in [4.78, 5) is 8.57. The third-order valence-corrected chi connectivity index (χ3v) is 7.30. The maximum Gasteiger partial charge on any atom is 0.250 e. The Hall–Kier alpha value is -2.14. The summed E-state index contributed by atoms with van der Waals surface area (Å²) in [6, 6.07) is 11.1. The smallest absolute Gasteiger partial charge is 0.250 e. The summed E-state index contributed by atoms with van der Waals surface area (Å²) >= 11 is 1.10. The molecule has 136 valence electrons. The minimum atomic E-state index is -3.68. The Morgan fingerprint density at radius 2 is 1.85 bits per heavy atom. The first-order valence-electron chi connectivity index (χ1n) is 7.41. The van der Waals surface area contributed by atoms with Crippen LogP contribution in [0.5, 0.6) is 0 Å². The van der Waals surface area contributed by atoms with Crippen molar-refractivity contribution in [2.24, 2.45) is 0 Å². The summed E-state index contributed by atoms with van der Waals surface area (Å²) < 4.78 is 51.1. The van der Waals surface area contributed by atoms with Crippen molar-refractivity contribution in [3.63, 3.8) is 0 Å². The summed E-state index contributed by atoms with van der Waals surface area (Å²) in [5, 5.41) is 1.66. The highest BCUT2D eigenvalue weighted by atomic mass is 32.2. The molecule has 0 saturated carbocycles. The van der Waals surface area contributed by atoms with E-state index in [1.807, 2.05) is 0 Å². The molecule has 10 heteroatoms. The molecule has 0 saturated heterocycles. The zero-order valence-electron chi connectivity index (χ0n) is 13.7. The van der Waals surface area contributed by atoms with Gasteiger partial charge in [0.15, 0.2) is 9.84 Å². The van der Waals surface area contributed by atoms with E-state index in [1.165, 1.54) is 18.2 Å². The average Bonchev–Trinajstić information content (AvgIpc) is 3.15. The molecule has 0 aliphatic rings. The van der Waals surface area contributed by atoms with Crippen molar-refractivity contribution in [1.29, 1.82) is 0 Å². The van der Waals surface area contributed by atoms with Gasteiger partial charge in [0.2, 0.25) is 10.0 Å². The lowest BCUT2D eigenvalue weighted by Gasteiger charge is -2.09. The minimum absolute atomic E-state index is 0.0541. The molecular formula is C16H15N3O4S3. The molecule has 0 aromatic carbocycles. The Bertz CT molecular complexity index is 1110. The highest BCUT2D eigenvalue weighted by Gasteiger charge is 2.17. The van der Waals surface area contributed by atoms with E-state index >= 15 is 0 Å². The van der Waals surface area contributed by atoms with Crippen molar-refractivity contribution in [3.05, 3.63) is 59.7 Å². The molecule has 3 rings (SSSR count). The fourth-order valence-electron chi connectivity index (χ4n) is 2.17. The summed E-state index contributed by atoms with van der Waals surface area (Å²) in [6.45, 7) is -0.135. The summed E-state index contributed by atoms with van der Waals surface area (Å²) in [5.74, 6) is 0. The molecule has 3 aromatic heterocycles. The van der Waals surface area contributed by atoms with Crippen LogP contribution in [0.3, 0.4) is 0 Å². The van der Waals surface area contributed by atoms with Crippen molar-refractivity contribution in [2.75, 3.05) is 6.26 Å². The van der Waals surface area contributed by atoms with Crippen LogP contribution in [0.4, 0.5) is 0 Å². The summed E-state index contributed by atoms with van der Waals surface area (Å²) in [6.07, 6.45) is 2.66. The van der Waals surface area contributed by atoms with Gasteiger partial charge in [-0.2, -0.15) is 0 Å². The van der Waals surface area contributed by atoms with E-state index in [-0.39, 0.29) is 21.3 Å². The predicted octanol–water partition coefficient (Wildman–Crippen LogP) is 2.09. The maximum atomic E-state index is 12.2. The molecule has 3 aromatic rings. The molecule has 0 atom stereocenters. The number of hydrogen-bond donors (Lipinski definition) is 1. The molecule has 26 heavy (non-hydrogen) atoms. The second-order valence-electron chi connectivity index (χ2n) is 5.42. The molecule has 0 unspecified atom stereocenters. The third-order valence-electron chi connectivity index (χ3n) is 3.41. The van der Waals surface area contributed by atoms with E-state index in [0.717, 1.165) is 17.6 Å². The van der Waals surface area contributed by atoms with Crippen LogP contribution in [0.1, 0.15) is 5.69 Å². The quantitative estimate of drug-likeness (QED) is 0.668. The van der Waals surface area contributed by atoms with Gasteiger partial charge in [0.25, 0.3) is 0 Å². The number of nitrogens with one attached hydrogen (secondary N) is 1. The highest BCUT2D eigenvalue weighted by Crippen LogP contribution is 2.21. The van der Waals surface area contributed by atoms with Crippen LogP contribution in [0.15, 0.2) is 63.1 Å². The van der Waals surface area contributed by atoms with Crippen LogP contribution >= 0.6 is 11.3 Å². The standard InChI is InChI=1S/C16H15N3O4S3/c1-25(20,21)13-9-12(11-18-26(22,23)16-6-4-8-24-16)19-15(10-13)14-5-2-3-7-17-14/h2-10,18H,11H2,1H3. The molecule has 0 radical (unpaired) electrons. The number of rotatable bonds is 6. The number of sulfonamides is 1. The molecule has 0 aliphatic heterocycles. The monoisotopic (exact) mass is 409 g/mol. The maximum absolute atomic E-state index is 12.2. The van der Waals surface area contributed by atoms with Crippen molar-refractivity contribution >= 4 is 31.2 Å². The molecule has 0 amide bonds. The van der Waals surface area contributed by atoms with Gasteiger partial charge in [0, 0.05) is 12.5 Å². The van der Waals surface area contributed by atoms with Crippen LogP contribution in [-0.4, -0.2) is 33.1 Å². The lowest BCUT2D eigenvalue weighted by atomic mass is 10.2. The van der Waals surface area contributed by atoms with Gasteiger partial charge in [-0.25, -0.2) is 26.5 Å². The molecule has 0 bridgehead atoms. The van der Waals surface area contributed by atoms with Gasteiger partial charge in [0.1, 0.15) is 4.21 Å². The molecule has 0 aliphatic carbocycles. The minimum Gasteiger partial charge on any atom is -0.255 e. The van der Waals surface area contributed by atoms with Gasteiger partial charge in [-0.1, -0.05) is 12.1 Å². The van der Waals surface area contributed by atoms with Crippen LogP contribution in [0.2, 0.25) is 0 Å². The molecule has 0 fully saturated rings. The van der Waals surface area contributed by atoms with Gasteiger partial charge in [0.05, 0.1) is 28.5 Å². The van der Waals surface area contributed by atoms with Gasteiger partial charge < -0.3 is 0 Å². The van der Waals surface area contributed by atoms with E-state index in [2.05, 4.69) is 14.7 Å². The van der Waals surface area contributed by atoms with Crippen molar-refractivity contribution < 1.29 is 16.8 Å². The first kappa shape index (κ1) is 18.6. The molecule has 3 heterocycles. The van der Waals surface area contributed by atoms with Gasteiger partial charge in [-0.3, -0.25) is 4.98 Å². The Balaban J connectivity index is 1.96. The van der Waals surface area contributed by atoms with E-state index in [1.54, 1.807) is 35.8 Å². The van der Waals surface area contributed by atoms with Gasteiger partial charge >= 0.3 is 0 Å². The van der Waals surface area contributed by atoms with E-state index in [0.29, 0.717) is 11.4 Å². The fourth-order valence-corrected chi connectivity index (χ4v) is 4.88. The third kappa shape index (κ3) is 4.33. The number of aromatic nitrogens is 2. The van der Waals surface area contributed by atoms with Crippen LogP contribution < -0.4 is 4.72 Å². The highest BCUT2D eigenvalue weighted by molar-refractivity contribution is 7.91. The fraction of sp³-hybridized carbons (Fsp3) is 0.125. The second-order valence-corrected chi connectivity index (χ2v) is 10.4. The SMILES string of the molecule is CS(=O)(=O)c1cc(CNS(=O)(=O)c2cccs2)nc(-c2ccccn2)c1. The van der Waals surface area contributed by atoms with Crippen LogP contribution in [0.25, 0.3) is 11.4 Å². The Labute approximate surface area is 155 Å². The van der Waals surface area contributed by atoms with Crippen molar-refractivity contribution in [2.45, 2.75) is 15.6 Å². The molecule has 1 N–H and O–H groups in total. The number of sulfone groups is 1. The average molecular weight is 410 g/mol. The Morgan fingerprint density at radius 3 is 2.46 bits per heavy atom. The largest absolute Gasteiger partial charge is 0.255 e. The molecular weight excluding hydrogens is 394 g/mol. The Kier molecular flexibility index (Phi) is 5.19. The van der Waals surface area contributed by atoms with E-state index in [9.17, 15) is 16.8 Å². The summed E-state index contributed by atoms with van der Waals surface area (Å²) in [5.41, 5.74) is 1.15. The van der Waals surface area contributed by atoms with Gasteiger partial charge in [-0.15, -0.1) is 11.3 Å².